The highest BCUT2D eigenvalue weighted by Gasteiger charge is 2.16. The molecule has 4 heteroatoms. The number of likely N-dealkylation sites (N-methyl/N-ethyl adjacent to an activating group) is 1. The first-order valence-electron chi connectivity index (χ1n) is 7.63. The zero-order valence-corrected chi connectivity index (χ0v) is 15.0. The second-order valence-electron chi connectivity index (χ2n) is 5.74. The molecule has 0 fully saturated rings. The first-order chi connectivity index (χ1) is 11.1. The summed E-state index contributed by atoms with van der Waals surface area (Å²) in [6.45, 7) is 0.832. The van der Waals surface area contributed by atoms with E-state index in [0.717, 1.165) is 22.1 Å². The first-order valence-corrected chi connectivity index (χ1v) is 8.42. The van der Waals surface area contributed by atoms with Crippen molar-refractivity contribution in [3.05, 3.63) is 76.3 Å². The van der Waals surface area contributed by atoms with Gasteiger partial charge in [0.1, 0.15) is 12.6 Å². The molecule has 0 aliphatic carbocycles. The van der Waals surface area contributed by atoms with E-state index in [0.29, 0.717) is 0 Å². The molecule has 0 spiro atoms. The fraction of sp³-hybridized carbons (Fsp3) is 0.211. The summed E-state index contributed by atoms with van der Waals surface area (Å²) < 4.78 is 0.974. The van der Waals surface area contributed by atoms with Crippen molar-refractivity contribution in [3.63, 3.8) is 0 Å². The average molecular weight is 374 g/mol. The highest BCUT2D eigenvalue weighted by Crippen LogP contribution is 2.17. The molecule has 2 rings (SSSR count). The highest BCUT2D eigenvalue weighted by molar-refractivity contribution is 9.10. The van der Waals surface area contributed by atoms with Crippen LogP contribution in [0.4, 0.5) is 0 Å². The Balaban J connectivity index is 2.07. The molecule has 1 amide bonds. The van der Waals surface area contributed by atoms with Crippen LogP contribution in [0.2, 0.25) is 0 Å². The Morgan fingerprint density at radius 2 is 1.78 bits per heavy atom. The molecule has 2 aromatic rings. The molecule has 1 atom stereocenters. The highest BCUT2D eigenvalue weighted by atomic mass is 79.9. The van der Waals surface area contributed by atoms with Crippen LogP contribution in [0.15, 0.2) is 65.1 Å². The molecule has 2 aromatic carbocycles. The number of nitrogens with one attached hydrogen (secondary N) is 2. The molecular formula is C19H22BrN2O+. The topological polar surface area (TPSA) is 33.5 Å². The van der Waals surface area contributed by atoms with Gasteiger partial charge in [0.15, 0.2) is 0 Å². The number of quaternary nitrogens is 1. The molecule has 3 nitrogen and oxygen atoms in total. The van der Waals surface area contributed by atoms with Gasteiger partial charge in [0.2, 0.25) is 5.91 Å². The van der Waals surface area contributed by atoms with Crippen LogP contribution in [0.1, 0.15) is 17.2 Å². The summed E-state index contributed by atoms with van der Waals surface area (Å²) in [6, 6.07) is 17.9. The largest absolute Gasteiger partial charge is 0.340 e. The van der Waals surface area contributed by atoms with Crippen molar-refractivity contribution in [3.8, 4) is 0 Å². The van der Waals surface area contributed by atoms with E-state index in [1.54, 1.807) is 6.08 Å². The third-order valence-electron chi connectivity index (χ3n) is 3.45. The molecule has 0 aliphatic rings. The van der Waals surface area contributed by atoms with E-state index in [1.165, 1.54) is 4.90 Å². The second kappa shape index (κ2) is 8.65. The molecule has 120 valence electrons. The Hall–Kier alpha value is -1.91. The molecule has 0 bridgehead atoms. The van der Waals surface area contributed by atoms with Gasteiger partial charge in [-0.25, -0.2) is 0 Å². The maximum absolute atomic E-state index is 12.3. The lowest BCUT2D eigenvalue weighted by molar-refractivity contribution is -0.860. The zero-order valence-electron chi connectivity index (χ0n) is 13.4. The molecule has 0 aromatic heterocycles. The number of rotatable bonds is 6. The van der Waals surface area contributed by atoms with Gasteiger partial charge < -0.3 is 10.2 Å². The summed E-state index contributed by atoms with van der Waals surface area (Å²) in [6.07, 6.45) is 3.41. The lowest BCUT2D eigenvalue weighted by Crippen LogP contribution is -3.06. The second-order valence-corrected chi connectivity index (χ2v) is 6.59. The number of halogens is 1. The van der Waals surface area contributed by atoms with Crippen molar-refractivity contribution in [2.75, 3.05) is 20.6 Å². The van der Waals surface area contributed by atoms with E-state index in [1.807, 2.05) is 60.7 Å². The standard InChI is InChI=1S/C19H21BrN2O/c1-22(2)14-18(16-9-4-3-5-10-16)21-19(23)13-12-15-8-6-7-11-17(15)20/h3-13,18H,14H2,1-2H3,(H,21,23)/p+1/b13-12+/t18-/m1/s1. The Morgan fingerprint density at radius 3 is 2.43 bits per heavy atom. The maximum atomic E-state index is 12.3. The third-order valence-corrected chi connectivity index (χ3v) is 4.17. The van der Waals surface area contributed by atoms with Crippen molar-refractivity contribution >= 4 is 27.9 Å². The SMILES string of the molecule is C[NH+](C)C[C@@H](NC(=O)/C=C/c1ccccc1Br)c1ccccc1. The number of amides is 1. The maximum Gasteiger partial charge on any atom is 0.244 e. The van der Waals surface area contributed by atoms with Crippen LogP contribution in [0.3, 0.4) is 0 Å². The van der Waals surface area contributed by atoms with E-state index in [-0.39, 0.29) is 11.9 Å². The minimum absolute atomic E-state index is 0.00226. The van der Waals surface area contributed by atoms with Crippen LogP contribution in [0.25, 0.3) is 6.08 Å². The number of hydrogen-bond donors (Lipinski definition) is 2. The van der Waals surface area contributed by atoms with Crippen LogP contribution in [-0.2, 0) is 4.79 Å². The fourth-order valence-corrected chi connectivity index (χ4v) is 2.76. The molecule has 0 saturated carbocycles. The van der Waals surface area contributed by atoms with E-state index in [2.05, 4.69) is 35.3 Å². The van der Waals surface area contributed by atoms with Gasteiger partial charge >= 0.3 is 0 Å². The first kappa shape index (κ1) is 17.4. The van der Waals surface area contributed by atoms with Gasteiger partial charge in [0.05, 0.1) is 14.1 Å². The summed E-state index contributed by atoms with van der Waals surface area (Å²) in [5.41, 5.74) is 2.11. The Kier molecular flexibility index (Phi) is 6.56. The van der Waals surface area contributed by atoms with Crippen molar-refractivity contribution in [2.45, 2.75) is 6.04 Å². The molecule has 2 N–H and O–H groups in total. The van der Waals surface area contributed by atoms with Crippen LogP contribution >= 0.6 is 15.9 Å². The van der Waals surface area contributed by atoms with Crippen molar-refractivity contribution in [1.82, 2.24) is 5.32 Å². The van der Waals surface area contributed by atoms with Crippen molar-refractivity contribution < 1.29 is 9.69 Å². The van der Waals surface area contributed by atoms with Gasteiger partial charge in [0.25, 0.3) is 0 Å². The minimum Gasteiger partial charge on any atom is -0.340 e. The Morgan fingerprint density at radius 1 is 1.13 bits per heavy atom. The van der Waals surface area contributed by atoms with Gasteiger partial charge in [-0.2, -0.15) is 0 Å². The van der Waals surface area contributed by atoms with Gasteiger partial charge in [-0.3, -0.25) is 4.79 Å². The minimum atomic E-state index is -0.0872. The van der Waals surface area contributed by atoms with E-state index < -0.39 is 0 Å². The number of carbonyl (C=O) groups excluding carboxylic acids is 1. The summed E-state index contributed by atoms with van der Waals surface area (Å²) in [7, 11) is 4.16. The lowest BCUT2D eigenvalue weighted by atomic mass is 10.1. The van der Waals surface area contributed by atoms with Gasteiger partial charge in [-0.1, -0.05) is 64.5 Å². The third kappa shape index (κ3) is 5.66. The number of benzene rings is 2. The van der Waals surface area contributed by atoms with Crippen LogP contribution < -0.4 is 10.2 Å². The summed E-state index contributed by atoms with van der Waals surface area (Å²) in [5, 5.41) is 3.09. The van der Waals surface area contributed by atoms with Gasteiger partial charge in [-0.15, -0.1) is 0 Å². The van der Waals surface area contributed by atoms with Gasteiger partial charge in [0, 0.05) is 10.5 Å². The smallest absolute Gasteiger partial charge is 0.244 e. The molecule has 0 radical (unpaired) electrons. The summed E-state index contributed by atoms with van der Waals surface area (Å²) >= 11 is 3.48. The monoisotopic (exact) mass is 373 g/mol. The van der Waals surface area contributed by atoms with Crippen LogP contribution in [0.5, 0.6) is 0 Å². The predicted molar refractivity (Wildman–Crippen MR) is 98.2 cm³/mol. The molecule has 23 heavy (non-hydrogen) atoms. The van der Waals surface area contributed by atoms with Crippen molar-refractivity contribution in [2.24, 2.45) is 0 Å². The van der Waals surface area contributed by atoms with E-state index in [9.17, 15) is 4.79 Å². The number of hydrogen-bond acceptors (Lipinski definition) is 1. The average Bonchev–Trinajstić information content (AvgIpc) is 2.54. The summed E-state index contributed by atoms with van der Waals surface area (Å²) in [5.74, 6) is -0.0872. The van der Waals surface area contributed by atoms with E-state index >= 15 is 0 Å². The quantitative estimate of drug-likeness (QED) is 0.749. The van der Waals surface area contributed by atoms with Gasteiger partial charge in [-0.05, 0) is 23.3 Å². The van der Waals surface area contributed by atoms with Crippen LogP contribution in [0, 0.1) is 0 Å². The Labute approximate surface area is 146 Å². The normalized spacial score (nSPS) is 12.5. The van der Waals surface area contributed by atoms with Crippen molar-refractivity contribution in [1.29, 1.82) is 0 Å². The molecule has 0 unspecified atom stereocenters. The molecule has 0 heterocycles. The molecule has 0 saturated heterocycles. The summed E-state index contributed by atoms with van der Waals surface area (Å²) in [4.78, 5) is 13.6. The Bertz CT molecular complexity index is 668. The predicted octanol–water partition coefficient (Wildman–Crippen LogP) is 2.46. The molecule has 0 aliphatic heterocycles. The van der Waals surface area contributed by atoms with E-state index in [4.69, 9.17) is 0 Å². The lowest BCUT2D eigenvalue weighted by Gasteiger charge is -2.20. The van der Waals surface area contributed by atoms with Crippen LogP contribution in [-0.4, -0.2) is 26.5 Å². The zero-order chi connectivity index (χ0) is 16.7. The fourth-order valence-electron chi connectivity index (χ4n) is 2.34. The number of carbonyl (C=O) groups is 1. The molecular weight excluding hydrogens is 352 g/mol.